The number of hydrogen-bond donors (Lipinski definition) is 5. The fraction of sp³-hybridized carbons (Fsp3) is 0.304. The van der Waals surface area contributed by atoms with E-state index in [4.69, 9.17) is 10.8 Å². The van der Waals surface area contributed by atoms with Gasteiger partial charge in [-0.25, -0.2) is 14.8 Å². The Kier molecular flexibility index (Phi) is 6.38. The molecule has 0 aliphatic carbocycles. The number of amidine groups is 1. The van der Waals surface area contributed by atoms with Gasteiger partial charge in [0.2, 0.25) is 0 Å². The first-order chi connectivity index (χ1) is 15.9. The monoisotopic (exact) mass is 448 g/mol. The number of benzene rings is 1. The molecule has 6 N–H and O–H groups in total. The largest absolute Gasteiger partial charge is 0.395 e. The van der Waals surface area contributed by atoms with Gasteiger partial charge < -0.3 is 21.5 Å². The zero-order chi connectivity index (χ0) is 23.4. The average Bonchev–Trinajstić information content (AvgIpc) is 3.08. The highest BCUT2D eigenvalue weighted by atomic mass is 16.3. The Hall–Kier alpha value is -3.76. The number of carbonyl (C=O) groups excluding carboxylic acids is 1. The number of aliphatic hydroxyl groups excluding tert-OH is 1. The normalized spacial score (nSPS) is 21.3. The second-order valence-electron chi connectivity index (χ2n) is 8.17. The summed E-state index contributed by atoms with van der Waals surface area (Å²) in [5, 5.41) is 24.1. The number of pyridine rings is 1. The summed E-state index contributed by atoms with van der Waals surface area (Å²) in [6.45, 7) is 5.04. The second-order valence-corrected chi connectivity index (χ2v) is 8.17. The smallest absolute Gasteiger partial charge is 0.324 e. The zero-order valence-corrected chi connectivity index (χ0v) is 18.6. The van der Waals surface area contributed by atoms with Gasteiger partial charge in [-0.1, -0.05) is 18.2 Å². The lowest BCUT2D eigenvalue weighted by atomic mass is 9.76. The van der Waals surface area contributed by atoms with Crippen LogP contribution in [0, 0.1) is 6.92 Å². The summed E-state index contributed by atoms with van der Waals surface area (Å²) < 4.78 is 0. The third-order valence-electron chi connectivity index (χ3n) is 5.73. The quantitative estimate of drug-likeness (QED) is 0.409. The lowest BCUT2D eigenvalue weighted by Gasteiger charge is -2.36. The van der Waals surface area contributed by atoms with E-state index in [1.54, 1.807) is 6.07 Å². The summed E-state index contributed by atoms with van der Waals surface area (Å²) >= 11 is 0. The maximum absolute atomic E-state index is 12.3. The predicted octanol–water partition coefficient (Wildman–Crippen LogP) is 1.76. The number of aromatic nitrogens is 1. The molecular formula is C23H28N8O2. The molecule has 2 aromatic rings. The van der Waals surface area contributed by atoms with Crippen LogP contribution in [0.25, 0.3) is 0 Å². The molecule has 33 heavy (non-hydrogen) atoms. The number of hydrazone groups is 1. The van der Waals surface area contributed by atoms with Crippen LogP contribution in [0.3, 0.4) is 0 Å². The van der Waals surface area contributed by atoms with Crippen molar-refractivity contribution < 1.29 is 9.90 Å². The van der Waals surface area contributed by atoms with Crippen molar-refractivity contribution in [1.82, 2.24) is 15.3 Å². The molecule has 0 saturated heterocycles. The molecule has 2 amide bonds. The van der Waals surface area contributed by atoms with Crippen LogP contribution in [-0.4, -0.2) is 59.0 Å². The highest BCUT2D eigenvalue weighted by Gasteiger charge is 2.48. The molecule has 4 rings (SSSR count). The van der Waals surface area contributed by atoms with Crippen molar-refractivity contribution in [3.63, 3.8) is 0 Å². The molecule has 2 aliphatic heterocycles. The SMILES string of the molecule is Cc1cccc(NC(=O)Nc2ccc(C3(C)C=C(CNCCO)N4N=CN=C(N)C43)cc2)n1. The maximum Gasteiger partial charge on any atom is 0.324 e. The van der Waals surface area contributed by atoms with E-state index in [1.807, 2.05) is 48.3 Å². The molecule has 0 bridgehead atoms. The number of aryl methyl sites for hydroxylation is 1. The molecule has 2 unspecified atom stereocenters. The van der Waals surface area contributed by atoms with Gasteiger partial charge in [-0.05, 0) is 49.8 Å². The molecule has 0 fully saturated rings. The van der Waals surface area contributed by atoms with Gasteiger partial charge in [-0.3, -0.25) is 10.3 Å². The van der Waals surface area contributed by atoms with E-state index in [0.29, 0.717) is 30.4 Å². The first-order valence-corrected chi connectivity index (χ1v) is 10.7. The minimum Gasteiger partial charge on any atom is -0.395 e. The fourth-order valence-electron chi connectivity index (χ4n) is 4.18. The lowest BCUT2D eigenvalue weighted by Crippen LogP contribution is -2.51. The number of nitrogens with two attached hydrogens (primary N) is 1. The van der Waals surface area contributed by atoms with Crippen LogP contribution < -0.4 is 21.7 Å². The summed E-state index contributed by atoms with van der Waals surface area (Å²) in [5.74, 6) is 0.968. The van der Waals surface area contributed by atoms with Crippen molar-refractivity contribution in [2.75, 3.05) is 30.3 Å². The Morgan fingerprint density at radius 2 is 2.00 bits per heavy atom. The number of amides is 2. The molecule has 1 aromatic heterocycles. The summed E-state index contributed by atoms with van der Waals surface area (Å²) in [6.07, 6.45) is 3.58. The van der Waals surface area contributed by atoms with Crippen LogP contribution in [0.5, 0.6) is 0 Å². The van der Waals surface area contributed by atoms with Crippen molar-refractivity contribution in [2.45, 2.75) is 25.3 Å². The fourth-order valence-corrected chi connectivity index (χ4v) is 4.18. The molecule has 10 heteroatoms. The highest BCUT2D eigenvalue weighted by molar-refractivity contribution is 5.99. The second kappa shape index (κ2) is 9.39. The molecule has 2 aliphatic rings. The van der Waals surface area contributed by atoms with Crippen molar-refractivity contribution in [2.24, 2.45) is 15.8 Å². The third-order valence-corrected chi connectivity index (χ3v) is 5.73. The van der Waals surface area contributed by atoms with Crippen LogP contribution >= 0.6 is 0 Å². The zero-order valence-electron chi connectivity index (χ0n) is 18.6. The number of rotatable bonds is 7. The number of aliphatic hydroxyl groups is 1. The Labute approximate surface area is 192 Å². The Morgan fingerprint density at radius 1 is 1.21 bits per heavy atom. The predicted molar refractivity (Wildman–Crippen MR) is 129 cm³/mol. The minimum absolute atomic E-state index is 0.0584. The topological polar surface area (TPSA) is 140 Å². The van der Waals surface area contributed by atoms with Crippen LogP contribution in [0.2, 0.25) is 0 Å². The van der Waals surface area contributed by atoms with E-state index in [2.05, 4.69) is 44.0 Å². The van der Waals surface area contributed by atoms with E-state index >= 15 is 0 Å². The third kappa shape index (κ3) is 4.71. The Balaban J connectivity index is 1.51. The van der Waals surface area contributed by atoms with Crippen LogP contribution in [0.15, 0.2) is 64.3 Å². The standard InChI is InChI=1S/C23H28N8O2/c1-15-4-3-5-19(28-15)30-22(33)29-17-8-6-16(7-9-17)23(2)12-18(13-25-10-11-32)31-20(23)21(24)26-14-27-31/h3-9,12,14,20,25,32H,10-11,13H2,1-2H3,(H2,24,26,27)(H2,28,29,30,33). The van der Waals surface area contributed by atoms with Gasteiger partial charge in [0.15, 0.2) is 0 Å². The Morgan fingerprint density at radius 3 is 2.73 bits per heavy atom. The summed E-state index contributed by atoms with van der Waals surface area (Å²) in [6, 6.07) is 12.4. The van der Waals surface area contributed by atoms with E-state index in [-0.39, 0.29) is 18.7 Å². The molecule has 172 valence electrons. The number of hydrogen-bond acceptors (Lipinski definition) is 8. The van der Waals surface area contributed by atoms with Crippen LogP contribution in [0.4, 0.5) is 16.3 Å². The van der Waals surface area contributed by atoms with Crippen LogP contribution in [0.1, 0.15) is 18.2 Å². The van der Waals surface area contributed by atoms with E-state index in [9.17, 15) is 4.79 Å². The first-order valence-electron chi connectivity index (χ1n) is 10.7. The molecular weight excluding hydrogens is 420 g/mol. The summed E-state index contributed by atoms with van der Waals surface area (Å²) in [5.41, 5.74) is 9.25. The number of anilines is 2. The van der Waals surface area contributed by atoms with Crippen molar-refractivity contribution in [3.8, 4) is 0 Å². The maximum atomic E-state index is 12.3. The van der Waals surface area contributed by atoms with Crippen molar-refractivity contribution in [3.05, 3.63) is 65.5 Å². The molecule has 3 heterocycles. The van der Waals surface area contributed by atoms with E-state index < -0.39 is 5.41 Å². The number of aliphatic imine (C=N–C) groups is 1. The number of nitrogens with zero attached hydrogens (tertiary/aromatic N) is 4. The van der Waals surface area contributed by atoms with Gasteiger partial charge in [0.05, 0.1) is 6.61 Å². The molecule has 0 spiro atoms. The number of fused-ring (bicyclic) bond motifs is 1. The number of nitrogens with one attached hydrogen (secondary N) is 3. The number of carbonyl (C=O) groups is 1. The first kappa shape index (κ1) is 22.4. The highest BCUT2D eigenvalue weighted by Crippen LogP contribution is 2.42. The molecule has 2 atom stereocenters. The van der Waals surface area contributed by atoms with Gasteiger partial charge in [0, 0.05) is 35.6 Å². The van der Waals surface area contributed by atoms with E-state index in [1.165, 1.54) is 6.34 Å². The molecule has 1 aromatic carbocycles. The summed E-state index contributed by atoms with van der Waals surface area (Å²) in [7, 11) is 0. The average molecular weight is 449 g/mol. The van der Waals surface area contributed by atoms with Gasteiger partial charge in [-0.2, -0.15) is 5.10 Å². The van der Waals surface area contributed by atoms with Gasteiger partial charge >= 0.3 is 6.03 Å². The summed E-state index contributed by atoms with van der Waals surface area (Å²) in [4.78, 5) is 20.8. The van der Waals surface area contributed by atoms with Crippen LogP contribution in [-0.2, 0) is 5.41 Å². The number of urea groups is 1. The molecule has 0 saturated carbocycles. The molecule has 10 nitrogen and oxygen atoms in total. The van der Waals surface area contributed by atoms with Gasteiger partial charge in [0.1, 0.15) is 24.0 Å². The van der Waals surface area contributed by atoms with Crippen molar-refractivity contribution in [1.29, 1.82) is 0 Å². The van der Waals surface area contributed by atoms with Crippen molar-refractivity contribution >= 4 is 29.7 Å². The minimum atomic E-state index is -0.478. The Bertz CT molecular complexity index is 1110. The van der Waals surface area contributed by atoms with E-state index in [0.717, 1.165) is 17.0 Å². The lowest BCUT2D eigenvalue weighted by molar-refractivity contribution is 0.262. The van der Waals surface area contributed by atoms with Gasteiger partial charge in [0.25, 0.3) is 0 Å². The molecule has 0 radical (unpaired) electrons. The van der Waals surface area contributed by atoms with Gasteiger partial charge in [-0.15, -0.1) is 0 Å².